The molecule has 1 amide bonds. The number of amides is 1. The molecule has 0 saturated carbocycles. The monoisotopic (exact) mass is 236 g/mol. The molecule has 0 aromatic heterocycles. The zero-order chi connectivity index (χ0) is 12.3. The van der Waals surface area contributed by atoms with Gasteiger partial charge in [-0.05, 0) is 6.07 Å². The topological polar surface area (TPSA) is 59.6 Å². The Labute approximate surface area is 100 Å². The highest BCUT2D eigenvalue weighted by atomic mass is 16.5. The van der Waals surface area contributed by atoms with E-state index in [9.17, 15) is 4.79 Å². The van der Waals surface area contributed by atoms with Gasteiger partial charge in [-0.15, -0.1) is 0 Å². The first-order valence-corrected chi connectivity index (χ1v) is 5.50. The van der Waals surface area contributed by atoms with Crippen LogP contribution in [0.4, 0.5) is 0 Å². The molecule has 0 aliphatic carbocycles. The number of carbonyl (C=O) groups excluding carboxylic acids is 1. The maximum absolute atomic E-state index is 11.8. The molecule has 5 nitrogen and oxygen atoms in total. The van der Waals surface area contributed by atoms with Gasteiger partial charge in [-0.1, -0.05) is 12.1 Å². The van der Waals surface area contributed by atoms with Gasteiger partial charge in [0.2, 0.25) is 5.91 Å². The molecule has 2 rings (SSSR count). The van der Waals surface area contributed by atoms with Crippen LogP contribution in [0.5, 0.6) is 11.5 Å². The fourth-order valence-electron chi connectivity index (χ4n) is 1.99. The first-order chi connectivity index (χ1) is 8.27. The van der Waals surface area contributed by atoms with Gasteiger partial charge in [0.05, 0.1) is 14.2 Å². The molecule has 0 bridgehead atoms. The lowest BCUT2D eigenvalue weighted by molar-refractivity contribution is -0.124. The first kappa shape index (κ1) is 11.7. The summed E-state index contributed by atoms with van der Waals surface area (Å²) in [4.78, 5) is 11.8. The van der Waals surface area contributed by atoms with Gasteiger partial charge in [0.15, 0.2) is 11.5 Å². The lowest BCUT2D eigenvalue weighted by Crippen LogP contribution is -2.47. The molecule has 1 saturated heterocycles. The number of benzene rings is 1. The van der Waals surface area contributed by atoms with E-state index in [-0.39, 0.29) is 11.9 Å². The SMILES string of the molecule is COc1cccc([C@@H]2NCCNC2=O)c1OC. The number of nitrogens with one attached hydrogen (secondary N) is 2. The van der Waals surface area contributed by atoms with E-state index >= 15 is 0 Å². The molecule has 0 spiro atoms. The maximum atomic E-state index is 11.8. The van der Waals surface area contributed by atoms with Gasteiger partial charge in [-0.2, -0.15) is 0 Å². The Bertz CT molecular complexity index is 420. The highest BCUT2D eigenvalue weighted by Gasteiger charge is 2.27. The van der Waals surface area contributed by atoms with Crippen LogP contribution in [0.3, 0.4) is 0 Å². The number of hydrogen-bond donors (Lipinski definition) is 2. The highest BCUT2D eigenvalue weighted by molar-refractivity contribution is 5.85. The zero-order valence-electron chi connectivity index (χ0n) is 9.95. The van der Waals surface area contributed by atoms with Crippen molar-refractivity contribution in [2.24, 2.45) is 0 Å². The summed E-state index contributed by atoms with van der Waals surface area (Å²) in [7, 11) is 3.15. The van der Waals surface area contributed by atoms with E-state index in [4.69, 9.17) is 9.47 Å². The molecule has 1 heterocycles. The van der Waals surface area contributed by atoms with Crippen LogP contribution in [0.25, 0.3) is 0 Å². The van der Waals surface area contributed by atoms with Crippen molar-refractivity contribution < 1.29 is 14.3 Å². The van der Waals surface area contributed by atoms with Crippen molar-refractivity contribution in [3.63, 3.8) is 0 Å². The van der Waals surface area contributed by atoms with Crippen LogP contribution in [0, 0.1) is 0 Å². The van der Waals surface area contributed by atoms with E-state index in [0.29, 0.717) is 18.0 Å². The van der Waals surface area contributed by atoms with E-state index in [1.165, 1.54) is 0 Å². The maximum Gasteiger partial charge on any atom is 0.241 e. The average Bonchev–Trinajstić information content (AvgIpc) is 2.38. The number of rotatable bonds is 3. The van der Waals surface area contributed by atoms with Crippen molar-refractivity contribution in [2.45, 2.75) is 6.04 Å². The zero-order valence-corrected chi connectivity index (χ0v) is 9.95. The summed E-state index contributed by atoms with van der Waals surface area (Å²) in [5, 5.41) is 5.99. The van der Waals surface area contributed by atoms with Gasteiger partial charge in [0.25, 0.3) is 0 Å². The fraction of sp³-hybridized carbons (Fsp3) is 0.417. The second-order valence-electron chi connectivity index (χ2n) is 3.76. The molecule has 5 heteroatoms. The van der Waals surface area contributed by atoms with Gasteiger partial charge < -0.3 is 20.1 Å². The molecule has 2 N–H and O–H groups in total. The number of piperazine rings is 1. The lowest BCUT2D eigenvalue weighted by atomic mass is 10.0. The number of hydrogen-bond acceptors (Lipinski definition) is 4. The Balaban J connectivity index is 2.39. The summed E-state index contributed by atoms with van der Waals surface area (Å²) in [5.74, 6) is 1.19. The molecular weight excluding hydrogens is 220 g/mol. The van der Waals surface area contributed by atoms with E-state index < -0.39 is 0 Å². The Kier molecular flexibility index (Phi) is 3.49. The van der Waals surface area contributed by atoms with E-state index in [1.807, 2.05) is 18.2 Å². The smallest absolute Gasteiger partial charge is 0.241 e. The van der Waals surface area contributed by atoms with Crippen molar-refractivity contribution in [3.8, 4) is 11.5 Å². The normalized spacial score (nSPS) is 19.6. The predicted molar refractivity (Wildman–Crippen MR) is 63.3 cm³/mol. The molecule has 1 aromatic carbocycles. The summed E-state index contributed by atoms with van der Waals surface area (Å²) in [5.41, 5.74) is 0.795. The van der Waals surface area contributed by atoms with Gasteiger partial charge in [-0.25, -0.2) is 0 Å². The second kappa shape index (κ2) is 5.05. The molecule has 1 atom stereocenters. The first-order valence-electron chi connectivity index (χ1n) is 5.50. The minimum absolute atomic E-state index is 0.0391. The third-order valence-electron chi connectivity index (χ3n) is 2.78. The van der Waals surface area contributed by atoms with Crippen molar-refractivity contribution in [3.05, 3.63) is 23.8 Å². The van der Waals surface area contributed by atoms with Crippen LogP contribution in [-0.4, -0.2) is 33.2 Å². The molecule has 1 fully saturated rings. The second-order valence-corrected chi connectivity index (χ2v) is 3.76. The summed E-state index contributed by atoms with van der Waals surface area (Å²) in [6.45, 7) is 1.40. The lowest BCUT2D eigenvalue weighted by Gasteiger charge is -2.25. The largest absolute Gasteiger partial charge is 0.493 e. The minimum atomic E-state index is -0.381. The molecule has 17 heavy (non-hydrogen) atoms. The summed E-state index contributed by atoms with van der Waals surface area (Å²) in [6, 6.07) is 5.14. The summed E-state index contributed by atoms with van der Waals surface area (Å²) >= 11 is 0. The van der Waals surface area contributed by atoms with Crippen LogP contribution < -0.4 is 20.1 Å². The number of methoxy groups -OCH3 is 2. The van der Waals surface area contributed by atoms with E-state index in [1.54, 1.807) is 14.2 Å². The van der Waals surface area contributed by atoms with Crippen LogP contribution in [0.15, 0.2) is 18.2 Å². The van der Waals surface area contributed by atoms with Gasteiger partial charge in [0, 0.05) is 18.7 Å². The summed E-state index contributed by atoms with van der Waals surface area (Å²) < 4.78 is 10.5. The van der Waals surface area contributed by atoms with Gasteiger partial charge in [-0.3, -0.25) is 4.79 Å². The van der Waals surface area contributed by atoms with Crippen LogP contribution >= 0.6 is 0 Å². The van der Waals surface area contributed by atoms with E-state index in [2.05, 4.69) is 10.6 Å². The predicted octanol–water partition coefficient (Wildman–Crippen LogP) is 0.464. The Morgan fingerprint density at radius 2 is 2.06 bits per heavy atom. The molecule has 1 aliphatic heterocycles. The fourth-order valence-corrected chi connectivity index (χ4v) is 1.99. The van der Waals surface area contributed by atoms with Crippen molar-refractivity contribution in [1.29, 1.82) is 0 Å². The molecule has 1 aliphatic rings. The Hall–Kier alpha value is -1.75. The minimum Gasteiger partial charge on any atom is -0.493 e. The third-order valence-corrected chi connectivity index (χ3v) is 2.78. The average molecular weight is 236 g/mol. The summed E-state index contributed by atoms with van der Waals surface area (Å²) in [6.07, 6.45) is 0. The van der Waals surface area contributed by atoms with Crippen LogP contribution in [0.1, 0.15) is 11.6 Å². The quantitative estimate of drug-likeness (QED) is 0.800. The van der Waals surface area contributed by atoms with Gasteiger partial charge >= 0.3 is 0 Å². The number of carbonyl (C=O) groups is 1. The Morgan fingerprint density at radius 1 is 1.24 bits per heavy atom. The third kappa shape index (κ3) is 2.19. The van der Waals surface area contributed by atoms with Crippen molar-refractivity contribution in [1.82, 2.24) is 10.6 Å². The van der Waals surface area contributed by atoms with Gasteiger partial charge in [0.1, 0.15) is 6.04 Å². The number of para-hydroxylation sites is 1. The van der Waals surface area contributed by atoms with Crippen molar-refractivity contribution in [2.75, 3.05) is 27.3 Å². The molecule has 1 aromatic rings. The molecule has 0 unspecified atom stereocenters. The Morgan fingerprint density at radius 3 is 2.71 bits per heavy atom. The molecule has 0 radical (unpaired) electrons. The molecular formula is C12H16N2O3. The standard InChI is InChI=1S/C12H16N2O3/c1-16-9-5-3-4-8(11(9)17-2)10-12(15)14-7-6-13-10/h3-5,10,13H,6-7H2,1-2H3,(H,14,15)/t10-/m0/s1. The molecule has 92 valence electrons. The van der Waals surface area contributed by atoms with Crippen LogP contribution in [-0.2, 0) is 4.79 Å². The number of ether oxygens (including phenoxy) is 2. The van der Waals surface area contributed by atoms with Crippen molar-refractivity contribution >= 4 is 5.91 Å². The van der Waals surface area contributed by atoms with Crippen LogP contribution in [0.2, 0.25) is 0 Å². The highest BCUT2D eigenvalue weighted by Crippen LogP contribution is 2.34. The van der Waals surface area contributed by atoms with E-state index in [0.717, 1.165) is 12.1 Å².